The van der Waals surface area contributed by atoms with Crippen molar-refractivity contribution in [2.45, 2.75) is 17.9 Å². The Bertz CT molecular complexity index is 489. The molecule has 1 aromatic rings. The number of alkyl halides is 1. The minimum Gasteiger partial charge on any atom is -0.404 e. The van der Waals surface area contributed by atoms with Gasteiger partial charge in [0.2, 0.25) is 0 Å². The third-order valence-electron chi connectivity index (χ3n) is 3.94. The van der Waals surface area contributed by atoms with Crippen LogP contribution in [0.2, 0.25) is 0 Å². The molecule has 0 bridgehead atoms. The average Bonchev–Trinajstić information content (AvgIpc) is 2.96. The van der Waals surface area contributed by atoms with Gasteiger partial charge in [0.05, 0.1) is 25.4 Å². The molecule has 1 aliphatic rings. The molecule has 1 aliphatic heterocycles. The Labute approximate surface area is 154 Å². The van der Waals surface area contributed by atoms with Crippen LogP contribution in [0.3, 0.4) is 0 Å². The average molecular weight is 399 g/mol. The van der Waals surface area contributed by atoms with E-state index in [9.17, 15) is 0 Å². The van der Waals surface area contributed by atoms with Crippen molar-refractivity contribution in [1.29, 1.82) is 0 Å². The lowest BCUT2D eigenvalue weighted by Gasteiger charge is -2.23. The van der Waals surface area contributed by atoms with E-state index in [2.05, 4.69) is 57.3 Å². The molecule has 1 N–H and O–H groups in total. The van der Waals surface area contributed by atoms with Crippen molar-refractivity contribution >= 4 is 28.5 Å². The third-order valence-corrected chi connectivity index (χ3v) is 4.59. The van der Waals surface area contributed by atoms with Crippen LogP contribution in [-0.4, -0.2) is 71.2 Å². The highest BCUT2D eigenvalue weighted by Gasteiger charge is 2.41. The minimum atomic E-state index is -0.303. The van der Waals surface area contributed by atoms with E-state index in [0.29, 0.717) is 13.2 Å². The Kier molecular flexibility index (Phi) is 8.20. The van der Waals surface area contributed by atoms with Crippen molar-refractivity contribution in [2.24, 2.45) is 0 Å². The van der Waals surface area contributed by atoms with E-state index in [-0.39, 0.29) is 12.7 Å². The molecule has 7 heteroatoms. The standard InChI is InChI=1S/C17H28BBrN2O3/c1-17(13-20-8-10-22-11-9-21(2)3)14-23-18(24-17)16-6-4-15(12-19)5-7-16/h4-7,20H,8-14H2,1-3H3. The van der Waals surface area contributed by atoms with E-state index >= 15 is 0 Å². The molecule has 1 fully saturated rings. The zero-order chi connectivity index (χ0) is 17.4. The number of rotatable bonds is 10. The normalized spacial score (nSPS) is 21.0. The summed E-state index contributed by atoms with van der Waals surface area (Å²) in [7, 11) is 3.81. The summed E-state index contributed by atoms with van der Waals surface area (Å²) in [5, 5.41) is 4.26. The van der Waals surface area contributed by atoms with Crippen molar-refractivity contribution in [3.63, 3.8) is 0 Å². The molecule has 134 valence electrons. The summed E-state index contributed by atoms with van der Waals surface area (Å²) in [5.74, 6) is 0. The lowest BCUT2D eigenvalue weighted by molar-refractivity contribution is 0.0964. The molecule has 0 saturated carbocycles. The fourth-order valence-corrected chi connectivity index (χ4v) is 2.82. The number of ether oxygens (including phenoxy) is 1. The summed E-state index contributed by atoms with van der Waals surface area (Å²) >= 11 is 3.46. The molecule has 1 heterocycles. The van der Waals surface area contributed by atoms with E-state index in [0.717, 1.165) is 37.0 Å². The van der Waals surface area contributed by atoms with Crippen molar-refractivity contribution < 1.29 is 14.0 Å². The number of nitrogens with zero attached hydrogens (tertiary/aromatic N) is 1. The van der Waals surface area contributed by atoms with Crippen LogP contribution in [0, 0.1) is 0 Å². The second-order valence-electron chi connectivity index (χ2n) is 6.68. The SMILES string of the molecule is CN(C)CCOCCNCC1(C)COB(c2ccc(CBr)cc2)O1. The lowest BCUT2D eigenvalue weighted by Crippen LogP contribution is -2.43. The van der Waals surface area contributed by atoms with E-state index in [1.807, 2.05) is 14.1 Å². The van der Waals surface area contributed by atoms with E-state index < -0.39 is 0 Å². The molecular formula is C17H28BBrN2O3. The number of hydrogen-bond donors (Lipinski definition) is 1. The van der Waals surface area contributed by atoms with Gasteiger partial charge in [-0.05, 0) is 32.0 Å². The molecule has 0 aromatic heterocycles. The van der Waals surface area contributed by atoms with Crippen LogP contribution in [-0.2, 0) is 19.4 Å². The van der Waals surface area contributed by atoms with Gasteiger partial charge in [-0.1, -0.05) is 40.2 Å². The second kappa shape index (κ2) is 9.90. The van der Waals surface area contributed by atoms with Crippen LogP contribution in [0.1, 0.15) is 12.5 Å². The van der Waals surface area contributed by atoms with Gasteiger partial charge in [-0.3, -0.25) is 0 Å². The molecule has 0 spiro atoms. The Morgan fingerprint density at radius 3 is 2.71 bits per heavy atom. The largest absolute Gasteiger partial charge is 0.494 e. The molecule has 1 unspecified atom stereocenters. The fourth-order valence-electron chi connectivity index (χ4n) is 2.45. The third kappa shape index (κ3) is 6.46. The van der Waals surface area contributed by atoms with Crippen LogP contribution >= 0.6 is 15.9 Å². The van der Waals surface area contributed by atoms with Gasteiger partial charge in [0.15, 0.2) is 0 Å². The molecule has 0 radical (unpaired) electrons. The highest BCUT2D eigenvalue weighted by molar-refractivity contribution is 9.08. The van der Waals surface area contributed by atoms with Crippen LogP contribution in [0.15, 0.2) is 24.3 Å². The number of benzene rings is 1. The van der Waals surface area contributed by atoms with Gasteiger partial charge in [-0.25, -0.2) is 0 Å². The molecule has 2 rings (SSSR count). The number of hydrogen-bond acceptors (Lipinski definition) is 5. The molecule has 1 atom stereocenters. The molecule has 1 saturated heterocycles. The first kappa shape index (κ1) is 19.9. The molecule has 24 heavy (non-hydrogen) atoms. The highest BCUT2D eigenvalue weighted by atomic mass is 79.9. The maximum atomic E-state index is 6.12. The maximum absolute atomic E-state index is 6.12. The van der Waals surface area contributed by atoms with Gasteiger partial charge in [0.1, 0.15) is 0 Å². The predicted octanol–water partition coefficient (Wildman–Crippen LogP) is 1.25. The number of halogens is 1. The second-order valence-corrected chi connectivity index (χ2v) is 7.24. The van der Waals surface area contributed by atoms with Crippen LogP contribution in [0.25, 0.3) is 0 Å². The van der Waals surface area contributed by atoms with Crippen molar-refractivity contribution in [1.82, 2.24) is 10.2 Å². The zero-order valence-corrected chi connectivity index (χ0v) is 16.5. The van der Waals surface area contributed by atoms with Crippen molar-refractivity contribution in [3.05, 3.63) is 29.8 Å². The van der Waals surface area contributed by atoms with Crippen LogP contribution < -0.4 is 10.8 Å². The first-order valence-corrected chi connectivity index (χ1v) is 9.52. The summed E-state index contributed by atoms with van der Waals surface area (Å²) < 4.78 is 17.5. The van der Waals surface area contributed by atoms with Crippen molar-refractivity contribution in [2.75, 3.05) is 53.6 Å². The van der Waals surface area contributed by atoms with E-state index in [1.165, 1.54) is 5.56 Å². The van der Waals surface area contributed by atoms with Gasteiger partial charge in [0.25, 0.3) is 0 Å². The number of likely N-dealkylation sites (N-methyl/N-ethyl adjacent to an activating group) is 1. The summed E-state index contributed by atoms with van der Waals surface area (Å²) in [5.41, 5.74) is 2.01. The summed E-state index contributed by atoms with van der Waals surface area (Å²) in [6.45, 7) is 6.66. The molecule has 5 nitrogen and oxygen atoms in total. The summed E-state index contributed by atoms with van der Waals surface area (Å²) in [6.07, 6.45) is 0. The van der Waals surface area contributed by atoms with Gasteiger partial charge >= 0.3 is 7.12 Å². The smallest absolute Gasteiger partial charge is 0.404 e. The Morgan fingerprint density at radius 1 is 1.29 bits per heavy atom. The predicted molar refractivity (Wildman–Crippen MR) is 102 cm³/mol. The first-order valence-electron chi connectivity index (χ1n) is 8.40. The lowest BCUT2D eigenvalue weighted by atomic mass is 9.79. The Morgan fingerprint density at radius 2 is 2.04 bits per heavy atom. The summed E-state index contributed by atoms with van der Waals surface area (Å²) in [6, 6.07) is 8.32. The molecule has 0 aliphatic carbocycles. The van der Waals surface area contributed by atoms with E-state index in [1.54, 1.807) is 0 Å². The highest BCUT2D eigenvalue weighted by Crippen LogP contribution is 2.20. The van der Waals surface area contributed by atoms with Gasteiger partial charge in [0, 0.05) is 25.0 Å². The maximum Gasteiger partial charge on any atom is 0.494 e. The van der Waals surface area contributed by atoms with Gasteiger partial charge < -0.3 is 24.3 Å². The van der Waals surface area contributed by atoms with Gasteiger partial charge in [-0.15, -0.1) is 0 Å². The monoisotopic (exact) mass is 398 g/mol. The van der Waals surface area contributed by atoms with Crippen LogP contribution in [0.5, 0.6) is 0 Å². The Hall–Kier alpha value is -0.435. The van der Waals surface area contributed by atoms with Crippen LogP contribution in [0.4, 0.5) is 0 Å². The zero-order valence-electron chi connectivity index (χ0n) is 14.9. The molecule has 0 amide bonds. The quantitative estimate of drug-likeness (QED) is 0.365. The topological polar surface area (TPSA) is 43.0 Å². The van der Waals surface area contributed by atoms with Gasteiger partial charge in [-0.2, -0.15) is 0 Å². The fraction of sp³-hybridized carbons (Fsp3) is 0.647. The molecule has 1 aromatic carbocycles. The van der Waals surface area contributed by atoms with E-state index in [4.69, 9.17) is 14.0 Å². The van der Waals surface area contributed by atoms with Crippen molar-refractivity contribution in [3.8, 4) is 0 Å². The minimum absolute atomic E-state index is 0.280. The Balaban J connectivity index is 1.67. The number of nitrogens with one attached hydrogen (secondary N) is 1. The molecular weight excluding hydrogens is 371 g/mol. The first-order chi connectivity index (χ1) is 11.5. The summed E-state index contributed by atoms with van der Waals surface area (Å²) in [4.78, 5) is 2.11.